The Hall–Kier alpha value is -2.42. The van der Waals surface area contributed by atoms with Gasteiger partial charge in [-0.3, -0.25) is 4.79 Å². The number of hydrogen-bond acceptors (Lipinski definition) is 4. The number of benzene rings is 1. The third kappa shape index (κ3) is 3.38. The molecule has 1 saturated heterocycles. The minimum Gasteiger partial charge on any atom is -0.373 e. The lowest BCUT2D eigenvalue weighted by molar-refractivity contribution is -0.251. The highest BCUT2D eigenvalue weighted by Crippen LogP contribution is 2.57. The molecule has 2 fully saturated rings. The van der Waals surface area contributed by atoms with Crippen molar-refractivity contribution in [2.24, 2.45) is 11.8 Å². The van der Waals surface area contributed by atoms with Gasteiger partial charge in [-0.05, 0) is 38.0 Å². The number of piperidine rings is 1. The number of rotatable bonds is 4. The number of carbonyl (C=O) groups is 1. The first-order valence-electron chi connectivity index (χ1n) is 10.1. The summed E-state index contributed by atoms with van der Waals surface area (Å²) in [5.74, 6) is 0.364. The summed E-state index contributed by atoms with van der Waals surface area (Å²) in [6.45, 7) is 2.83. The van der Waals surface area contributed by atoms with Crippen LogP contribution in [0.4, 0.5) is 13.2 Å². The maximum atomic E-state index is 13.1. The third-order valence-electron chi connectivity index (χ3n) is 6.67. The van der Waals surface area contributed by atoms with Crippen LogP contribution in [-0.4, -0.2) is 56.0 Å². The van der Waals surface area contributed by atoms with E-state index in [1.165, 1.54) is 0 Å². The van der Waals surface area contributed by atoms with E-state index in [-0.39, 0.29) is 30.3 Å². The minimum atomic E-state index is -5.00. The molecule has 2 heterocycles. The van der Waals surface area contributed by atoms with E-state index >= 15 is 0 Å². The number of nitrogens with zero attached hydrogens (tertiary/aromatic N) is 3. The van der Waals surface area contributed by atoms with Gasteiger partial charge in [-0.15, -0.1) is 10.2 Å². The van der Waals surface area contributed by atoms with Gasteiger partial charge in [0.15, 0.2) is 5.82 Å². The molecule has 2 aliphatic rings. The van der Waals surface area contributed by atoms with Crippen molar-refractivity contribution in [2.45, 2.75) is 50.3 Å². The molecule has 0 bridgehead atoms. The fourth-order valence-corrected chi connectivity index (χ4v) is 4.71. The largest absolute Gasteiger partial charge is 0.426 e. The first-order valence-corrected chi connectivity index (χ1v) is 10.1. The van der Waals surface area contributed by atoms with Crippen LogP contribution in [0.5, 0.6) is 0 Å². The molecule has 4 rings (SSSR count). The fraction of sp³-hybridized carbons (Fsp3) is 0.571. The van der Waals surface area contributed by atoms with E-state index in [1.54, 1.807) is 0 Å². The van der Waals surface area contributed by atoms with Crippen molar-refractivity contribution < 1.29 is 23.1 Å². The zero-order valence-electron chi connectivity index (χ0n) is 16.9. The lowest BCUT2D eigenvalue weighted by Crippen LogP contribution is -2.59. The Morgan fingerprint density at radius 1 is 1.23 bits per heavy atom. The molecule has 1 amide bonds. The number of hydrogen-bond donors (Lipinski definition) is 2. The highest BCUT2D eigenvalue weighted by Gasteiger charge is 2.59. The molecule has 1 saturated carbocycles. The van der Waals surface area contributed by atoms with E-state index in [2.05, 4.69) is 15.2 Å². The molecule has 1 aromatic carbocycles. The van der Waals surface area contributed by atoms with Crippen molar-refractivity contribution in [3.63, 3.8) is 0 Å². The molecule has 30 heavy (non-hydrogen) atoms. The summed E-state index contributed by atoms with van der Waals surface area (Å²) in [4.78, 5) is 16.8. The predicted molar refractivity (Wildman–Crippen MR) is 103 cm³/mol. The van der Waals surface area contributed by atoms with Crippen LogP contribution in [0, 0.1) is 11.8 Å². The van der Waals surface area contributed by atoms with Gasteiger partial charge >= 0.3 is 6.18 Å². The molecule has 6 nitrogen and oxygen atoms in total. The minimum absolute atomic E-state index is 0.0282. The zero-order chi connectivity index (χ0) is 21.7. The van der Waals surface area contributed by atoms with Crippen molar-refractivity contribution in [1.29, 1.82) is 0 Å². The summed E-state index contributed by atoms with van der Waals surface area (Å²) in [5.41, 5.74) is -2.61. The van der Waals surface area contributed by atoms with Crippen molar-refractivity contribution in [3.8, 4) is 11.4 Å². The van der Waals surface area contributed by atoms with Crippen molar-refractivity contribution in [3.05, 3.63) is 36.2 Å². The molecule has 9 heteroatoms. The molecule has 1 aliphatic heterocycles. The van der Waals surface area contributed by atoms with Gasteiger partial charge in [0.05, 0.1) is 0 Å². The van der Waals surface area contributed by atoms with E-state index in [0.29, 0.717) is 19.2 Å². The number of likely N-dealkylation sites (tertiary alicyclic amines) is 1. The second-order valence-electron chi connectivity index (χ2n) is 8.74. The highest BCUT2D eigenvalue weighted by atomic mass is 19.4. The Balaban J connectivity index is 1.49. The number of amides is 1. The number of aliphatic hydroxyl groups is 1. The Labute approximate surface area is 172 Å². The summed E-state index contributed by atoms with van der Waals surface area (Å²) >= 11 is 0. The van der Waals surface area contributed by atoms with Crippen LogP contribution >= 0.6 is 0 Å². The molecule has 2 N–H and O–H groups in total. The van der Waals surface area contributed by atoms with Gasteiger partial charge < -0.3 is 15.0 Å². The van der Waals surface area contributed by atoms with E-state index in [1.807, 2.05) is 37.3 Å². The first-order chi connectivity index (χ1) is 14.1. The molecule has 1 aromatic heterocycles. The molecule has 0 radical (unpaired) electrons. The molecule has 162 valence electrons. The summed E-state index contributed by atoms with van der Waals surface area (Å²) in [7, 11) is 0. The van der Waals surface area contributed by atoms with Crippen molar-refractivity contribution in [1.82, 2.24) is 20.1 Å². The number of alkyl halides is 3. The molecule has 1 unspecified atom stereocenters. The highest BCUT2D eigenvalue weighted by molar-refractivity contribution is 5.85. The average Bonchev–Trinajstić information content (AvgIpc) is 3.35. The Morgan fingerprint density at radius 3 is 2.47 bits per heavy atom. The zero-order valence-corrected chi connectivity index (χ0v) is 16.9. The maximum absolute atomic E-state index is 13.1. The average molecular weight is 422 g/mol. The topological polar surface area (TPSA) is 82.1 Å². The summed E-state index contributed by atoms with van der Waals surface area (Å²) in [5, 5.41) is 18.4. The van der Waals surface area contributed by atoms with Crippen molar-refractivity contribution in [2.75, 3.05) is 13.1 Å². The third-order valence-corrected chi connectivity index (χ3v) is 6.67. The predicted octanol–water partition coefficient (Wildman–Crippen LogP) is 3.30. The number of aromatic nitrogens is 3. The van der Waals surface area contributed by atoms with Gasteiger partial charge in [-0.1, -0.05) is 37.3 Å². The van der Waals surface area contributed by atoms with Crippen LogP contribution in [0.15, 0.2) is 30.3 Å². The molecule has 1 aliphatic carbocycles. The SMILES string of the molecule is C[C@H]1CN(C(=O)C(C)(O)C(F)(F)F)CC[C@H]1C1(c2nnc(-c3ccccc3)[nH]2)CC1. The molecule has 0 spiro atoms. The van der Waals surface area contributed by atoms with Crippen molar-refractivity contribution >= 4 is 5.91 Å². The fourth-order valence-electron chi connectivity index (χ4n) is 4.71. The molecule has 2 aromatic rings. The van der Waals surface area contributed by atoms with Gasteiger partial charge in [-0.25, -0.2) is 0 Å². The van der Waals surface area contributed by atoms with E-state index in [9.17, 15) is 23.1 Å². The smallest absolute Gasteiger partial charge is 0.373 e. The van der Waals surface area contributed by atoms with Gasteiger partial charge in [0.1, 0.15) is 5.82 Å². The molecular formula is C21H25F3N4O2. The van der Waals surface area contributed by atoms with Gasteiger partial charge in [0.25, 0.3) is 5.91 Å². The number of H-pyrrole nitrogens is 1. The first kappa shape index (κ1) is 20.8. The molecular weight excluding hydrogens is 397 g/mol. The number of carbonyl (C=O) groups excluding carboxylic acids is 1. The summed E-state index contributed by atoms with van der Waals surface area (Å²) < 4.78 is 39.2. The Kier molecular flexibility index (Phi) is 4.91. The number of nitrogens with one attached hydrogen (secondary N) is 1. The maximum Gasteiger partial charge on any atom is 0.426 e. The second kappa shape index (κ2) is 7.08. The van der Waals surface area contributed by atoms with Crippen LogP contribution in [-0.2, 0) is 10.2 Å². The lowest BCUT2D eigenvalue weighted by atomic mass is 9.74. The quantitative estimate of drug-likeness (QED) is 0.792. The van der Waals surface area contributed by atoms with Crippen LogP contribution in [0.3, 0.4) is 0 Å². The van der Waals surface area contributed by atoms with Crippen LogP contribution in [0.1, 0.15) is 38.9 Å². The monoisotopic (exact) mass is 422 g/mol. The normalized spacial score (nSPS) is 25.6. The summed E-state index contributed by atoms with van der Waals surface area (Å²) in [6, 6.07) is 9.67. The van der Waals surface area contributed by atoms with Crippen LogP contribution in [0.2, 0.25) is 0 Å². The van der Waals surface area contributed by atoms with Gasteiger partial charge in [-0.2, -0.15) is 13.2 Å². The van der Waals surface area contributed by atoms with Crippen LogP contribution < -0.4 is 0 Å². The molecule has 3 atom stereocenters. The number of halogens is 3. The standard InChI is InChI=1S/C21H25F3N4O2/c1-13-12-28(18(29)19(2,30)21(22,23)24)11-8-15(13)20(9-10-20)17-25-16(26-27-17)14-6-4-3-5-7-14/h3-7,13,15,30H,8-12H2,1-2H3,(H,25,26,27)/t13-,15+,19?/m0/s1. The Bertz CT molecular complexity index is 922. The van der Waals surface area contributed by atoms with Gasteiger partial charge in [0, 0.05) is 24.1 Å². The lowest BCUT2D eigenvalue weighted by Gasteiger charge is -2.42. The van der Waals surface area contributed by atoms with E-state index in [0.717, 1.165) is 29.1 Å². The Morgan fingerprint density at radius 2 is 1.90 bits per heavy atom. The van der Waals surface area contributed by atoms with E-state index in [4.69, 9.17) is 0 Å². The number of aromatic amines is 1. The second-order valence-corrected chi connectivity index (χ2v) is 8.74. The summed E-state index contributed by atoms with van der Waals surface area (Å²) in [6.07, 6.45) is -2.59. The van der Waals surface area contributed by atoms with Gasteiger partial charge in [0.2, 0.25) is 5.60 Å². The van der Waals surface area contributed by atoms with Crippen LogP contribution in [0.25, 0.3) is 11.4 Å². The van der Waals surface area contributed by atoms with E-state index < -0.39 is 17.7 Å².